The van der Waals surface area contributed by atoms with Crippen molar-refractivity contribution in [3.8, 4) is 11.3 Å². The van der Waals surface area contributed by atoms with Gasteiger partial charge in [0.15, 0.2) is 11.7 Å². The summed E-state index contributed by atoms with van der Waals surface area (Å²) < 4.78 is 5.78. The molecule has 0 fully saturated rings. The van der Waals surface area contributed by atoms with Crippen molar-refractivity contribution in [3.63, 3.8) is 0 Å². The van der Waals surface area contributed by atoms with Crippen molar-refractivity contribution in [2.45, 2.75) is 25.8 Å². The van der Waals surface area contributed by atoms with E-state index >= 15 is 0 Å². The van der Waals surface area contributed by atoms with E-state index in [0.29, 0.717) is 36.1 Å². The highest BCUT2D eigenvalue weighted by Crippen LogP contribution is 2.23. The fourth-order valence-electron chi connectivity index (χ4n) is 3.25. The van der Waals surface area contributed by atoms with E-state index in [2.05, 4.69) is 23.2 Å². The van der Waals surface area contributed by atoms with Crippen LogP contribution in [-0.2, 0) is 24.2 Å². The van der Waals surface area contributed by atoms with Gasteiger partial charge in [-0.15, -0.1) is 0 Å². The standard InChI is InChI=1S/C21H19ClN2O2/c22-18-7-5-16(6-8-18)19-13-23-20(26-19)9-10-21(25)24-12-11-15-3-1-2-4-17(15)14-24/h1-8,13H,9-12,14H2. The number of rotatable bonds is 4. The molecule has 5 heteroatoms. The quantitative estimate of drug-likeness (QED) is 0.682. The lowest BCUT2D eigenvalue weighted by Gasteiger charge is -2.28. The minimum absolute atomic E-state index is 0.144. The molecule has 0 bridgehead atoms. The van der Waals surface area contributed by atoms with Crippen LogP contribution in [0.4, 0.5) is 0 Å². The summed E-state index contributed by atoms with van der Waals surface area (Å²) >= 11 is 5.91. The lowest BCUT2D eigenvalue weighted by Crippen LogP contribution is -2.36. The average molecular weight is 367 g/mol. The highest BCUT2D eigenvalue weighted by atomic mass is 35.5. The highest BCUT2D eigenvalue weighted by Gasteiger charge is 2.20. The van der Waals surface area contributed by atoms with Crippen molar-refractivity contribution in [3.05, 3.63) is 76.8 Å². The third-order valence-corrected chi connectivity index (χ3v) is 4.97. The van der Waals surface area contributed by atoms with Crippen molar-refractivity contribution in [2.75, 3.05) is 6.54 Å². The van der Waals surface area contributed by atoms with E-state index in [1.54, 1.807) is 6.20 Å². The number of fused-ring (bicyclic) bond motifs is 1. The van der Waals surface area contributed by atoms with Gasteiger partial charge in [-0.05, 0) is 41.8 Å². The van der Waals surface area contributed by atoms with Crippen molar-refractivity contribution >= 4 is 17.5 Å². The van der Waals surface area contributed by atoms with Gasteiger partial charge in [0.1, 0.15) is 0 Å². The normalized spacial score (nSPS) is 13.5. The number of amides is 1. The smallest absolute Gasteiger partial charge is 0.223 e. The largest absolute Gasteiger partial charge is 0.441 e. The Labute approximate surface area is 157 Å². The van der Waals surface area contributed by atoms with Crippen molar-refractivity contribution < 1.29 is 9.21 Å². The minimum Gasteiger partial charge on any atom is -0.441 e. The number of carbonyl (C=O) groups excluding carboxylic acids is 1. The predicted octanol–water partition coefficient (Wildman–Crippen LogP) is 4.51. The number of hydrogen-bond donors (Lipinski definition) is 0. The maximum Gasteiger partial charge on any atom is 0.223 e. The van der Waals surface area contributed by atoms with Gasteiger partial charge < -0.3 is 9.32 Å². The van der Waals surface area contributed by atoms with Gasteiger partial charge in [0.2, 0.25) is 5.91 Å². The summed E-state index contributed by atoms with van der Waals surface area (Å²) in [6, 6.07) is 15.7. The van der Waals surface area contributed by atoms with Crippen LogP contribution in [0.15, 0.2) is 59.1 Å². The number of nitrogens with zero attached hydrogens (tertiary/aromatic N) is 2. The maximum atomic E-state index is 12.5. The summed E-state index contributed by atoms with van der Waals surface area (Å²) in [5.74, 6) is 1.42. The van der Waals surface area contributed by atoms with Gasteiger partial charge in [-0.25, -0.2) is 4.98 Å². The number of aryl methyl sites for hydroxylation is 1. The van der Waals surface area contributed by atoms with Gasteiger partial charge in [-0.1, -0.05) is 35.9 Å². The van der Waals surface area contributed by atoms with E-state index in [1.165, 1.54) is 11.1 Å². The number of aromatic nitrogens is 1. The lowest BCUT2D eigenvalue weighted by atomic mass is 9.99. The van der Waals surface area contributed by atoms with Crippen LogP contribution < -0.4 is 0 Å². The molecule has 1 amide bonds. The Morgan fingerprint density at radius 3 is 2.69 bits per heavy atom. The van der Waals surface area contributed by atoms with E-state index in [-0.39, 0.29) is 5.91 Å². The highest BCUT2D eigenvalue weighted by molar-refractivity contribution is 6.30. The van der Waals surface area contributed by atoms with Gasteiger partial charge in [0, 0.05) is 36.5 Å². The van der Waals surface area contributed by atoms with Gasteiger partial charge in [-0.2, -0.15) is 0 Å². The molecule has 132 valence electrons. The number of carbonyl (C=O) groups is 1. The summed E-state index contributed by atoms with van der Waals surface area (Å²) in [7, 11) is 0. The molecule has 0 atom stereocenters. The molecular weight excluding hydrogens is 348 g/mol. The summed E-state index contributed by atoms with van der Waals surface area (Å²) in [5.41, 5.74) is 3.51. The number of halogens is 1. The first-order valence-corrected chi connectivity index (χ1v) is 9.12. The first-order valence-electron chi connectivity index (χ1n) is 8.74. The second-order valence-electron chi connectivity index (χ2n) is 6.46. The molecule has 4 rings (SSSR count). The van der Waals surface area contributed by atoms with Crippen LogP contribution >= 0.6 is 11.6 Å². The maximum absolute atomic E-state index is 12.5. The molecule has 0 saturated carbocycles. The van der Waals surface area contributed by atoms with Crippen LogP contribution in [0.5, 0.6) is 0 Å². The zero-order chi connectivity index (χ0) is 17.9. The Hall–Kier alpha value is -2.59. The van der Waals surface area contributed by atoms with Crippen LogP contribution in [0.2, 0.25) is 5.02 Å². The molecule has 2 heterocycles. The first-order chi connectivity index (χ1) is 12.7. The second kappa shape index (κ2) is 7.34. The third-order valence-electron chi connectivity index (χ3n) is 4.72. The van der Waals surface area contributed by atoms with E-state index in [9.17, 15) is 4.79 Å². The molecular formula is C21H19ClN2O2. The SMILES string of the molecule is O=C(CCc1ncc(-c2ccc(Cl)cc2)o1)N1CCc2ccccc2C1. The van der Waals surface area contributed by atoms with Crippen molar-refractivity contribution in [1.29, 1.82) is 0 Å². The van der Waals surface area contributed by atoms with Gasteiger partial charge in [0.05, 0.1) is 6.20 Å². The van der Waals surface area contributed by atoms with Crippen molar-refractivity contribution in [2.24, 2.45) is 0 Å². The molecule has 3 aromatic rings. The van der Waals surface area contributed by atoms with Crippen molar-refractivity contribution in [1.82, 2.24) is 9.88 Å². The number of hydrogen-bond acceptors (Lipinski definition) is 3. The van der Waals surface area contributed by atoms with Gasteiger partial charge in [0.25, 0.3) is 0 Å². The third kappa shape index (κ3) is 3.65. The molecule has 0 N–H and O–H groups in total. The fourth-order valence-corrected chi connectivity index (χ4v) is 3.38. The van der Waals surface area contributed by atoms with E-state index in [1.807, 2.05) is 35.2 Å². The molecule has 1 aromatic heterocycles. The molecule has 2 aromatic carbocycles. The van der Waals surface area contributed by atoms with E-state index in [0.717, 1.165) is 18.5 Å². The molecule has 0 aliphatic carbocycles. The van der Waals surface area contributed by atoms with Crippen LogP contribution in [0.25, 0.3) is 11.3 Å². The zero-order valence-corrected chi connectivity index (χ0v) is 15.1. The topological polar surface area (TPSA) is 46.3 Å². The van der Waals surface area contributed by atoms with Gasteiger partial charge in [-0.3, -0.25) is 4.79 Å². The monoisotopic (exact) mass is 366 g/mol. The summed E-state index contributed by atoms with van der Waals surface area (Å²) in [6.45, 7) is 1.47. The summed E-state index contributed by atoms with van der Waals surface area (Å²) in [4.78, 5) is 18.8. The van der Waals surface area contributed by atoms with E-state index < -0.39 is 0 Å². The summed E-state index contributed by atoms with van der Waals surface area (Å²) in [6.07, 6.45) is 3.52. The minimum atomic E-state index is 0.144. The van der Waals surface area contributed by atoms with Crippen LogP contribution in [-0.4, -0.2) is 22.3 Å². The molecule has 4 nitrogen and oxygen atoms in total. The zero-order valence-electron chi connectivity index (χ0n) is 14.3. The van der Waals surface area contributed by atoms with Crippen LogP contribution in [0.1, 0.15) is 23.4 Å². The Balaban J connectivity index is 1.36. The molecule has 0 saturated heterocycles. The van der Waals surface area contributed by atoms with Crippen LogP contribution in [0.3, 0.4) is 0 Å². The number of oxazole rings is 1. The lowest BCUT2D eigenvalue weighted by molar-refractivity contribution is -0.132. The van der Waals surface area contributed by atoms with E-state index in [4.69, 9.17) is 16.0 Å². The molecule has 0 spiro atoms. The molecule has 0 radical (unpaired) electrons. The van der Waals surface area contributed by atoms with Crippen LogP contribution in [0, 0.1) is 0 Å². The average Bonchev–Trinajstić information content (AvgIpc) is 3.15. The van der Waals surface area contributed by atoms with Gasteiger partial charge >= 0.3 is 0 Å². The first kappa shape index (κ1) is 16.9. The second-order valence-corrected chi connectivity index (χ2v) is 6.90. The molecule has 26 heavy (non-hydrogen) atoms. The fraction of sp³-hybridized carbons (Fsp3) is 0.238. The Morgan fingerprint density at radius 1 is 1.12 bits per heavy atom. The Kier molecular flexibility index (Phi) is 4.76. The molecule has 0 unspecified atom stereocenters. The summed E-state index contributed by atoms with van der Waals surface area (Å²) in [5, 5.41) is 0.683. The predicted molar refractivity (Wildman–Crippen MR) is 101 cm³/mol. The Bertz CT molecular complexity index is 918. The number of benzene rings is 2. The Morgan fingerprint density at radius 2 is 1.88 bits per heavy atom. The molecule has 1 aliphatic heterocycles. The molecule has 1 aliphatic rings.